The minimum atomic E-state index is -4.63. The first-order chi connectivity index (χ1) is 13.5. The van der Waals surface area contributed by atoms with Gasteiger partial charge in [-0.25, -0.2) is 0 Å². The van der Waals surface area contributed by atoms with Crippen molar-refractivity contribution in [2.24, 2.45) is 0 Å². The van der Waals surface area contributed by atoms with E-state index in [1.807, 2.05) is 0 Å². The quantitative estimate of drug-likeness (QED) is 0.572. The number of amides is 1. The van der Waals surface area contributed by atoms with Crippen LogP contribution in [-0.4, -0.2) is 25.5 Å². The Morgan fingerprint density at radius 3 is 2.41 bits per heavy atom. The van der Waals surface area contributed by atoms with Crippen molar-refractivity contribution in [2.45, 2.75) is 26.2 Å². The first-order valence-electron chi connectivity index (χ1n) is 8.12. The van der Waals surface area contributed by atoms with Crippen molar-refractivity contribution in [1.29, 1.82) is 0 Å². The second kappa shape index (κ2) is 8.25. The number of aryl methyl sites for hydroxylation is 1. The number of hydrogen-bond acceptors (Lipinski definition) is 3. The molecule has 6 nitrogen and oxygen atoms in total. The molecule has 0 bridgehead atoms. The van der Waals surface area contributed by atoms with Gasteiger partial charge in [-0.3, -0.25) is 14.2 Å². The summed E-state index contributed by atoms with van der Waals surface area (Å²) in [6.45, 7) is 0.939. The number of hydrogen-bond donors (Lipinski definition) is 1. The SMILES string of the molecule is Cc1cc(C(F)(F)F)n(CC(=O)Nc2nn(Cc3c(Cl)cccc3Cl)cc2Cl)n1. The number of aromatic nitrogens is 4. The van der Waals surface area contributed by atoms with Crippen LogP contribution >= 0.6 is 34.8 Å². The Bertz CT molecular complexity index is 1040. The molecule has 0 aliphatic rings. The zero-order chi connectivity index (χ0) is 21.3. The van der Waals surface area contributed by atoms with Crippen LogP contribution in [0.1, 0.15) is 17.0 Å². The Kier molecular flexibility index (Phi) is 6.11. The maximum atomic E-state index is 13.0. The fourth-order valence-electron chi connectivity index (χ4n) is 2.61. The average Bonchev–Trinajstić information content (AvgIpc) is 3.13. The van der Waals surface area contributed by atoms with Crippen LogP contribution in [0.15, 0.2) is 30.5 Å². The molecule has 0 fully saturated rings. The topological polar surface area (TPSA) is 64.7 Å². The Balaban J connectivity index is 1.74. The molecular formula is C17H13Cl3F3N5O. The van der Waals surface area contributed by atoms with Gasteiger partial charge in [0.25, 0.3) is 0 Å². The van der Waals surface area contributed by atoms with Crippen LogP contribution in [0.3, 0.4) is 0 Å². The minimum Gasteiger partial charge on any atom is -0.306 e. The summed E-state index contributed by atoms with van der Waals surface area (Å²) in [7, 11) is 0. The van der Waals surface area contributed by atoms with E-state index in [0.29, 0.717) is 20.3 Å². The van der Waals surface area contributed by atoms with E-state index in [1.54, 1.807) is 18.2 Å². The van der Waals surface area contributed by atoms with E-state index in [9.17, 15) is 18.0 Å². The zero-order valence-corrected chi connectivity index (χ0v) is 17.0. The van der Waals surface area contributed by atoms with E-state index < -0.39 is 24.3 Å². The zero-order valence-electron chi connectivity index (χ0n) is 14.8. The standard InChI is InChI=1S/C17H13Cl3F3N5O/c1-9-5-14(17(21,22)23)28(25-9)8-15(29)24-16-13(20)7-27(26-16)6-10-11(18)3-2-4-12(10)19/h2-5,7H,6,8H2,1H3,(H,24,26,29). The molecule has 2 heterocycles. The number of carbonyl (C=O) groups is 1. The van der Waals surface area contributed by atoms with E-state index >= 15 is 0 Å². The summed E-state index contributed by atoms with van der Waals surface area (Å²) < 4.78 is 41.1. The van der Waals surface area contributed by atoms with Crippen molar-refractivity contribution >= 4 is 46.5 Å². The van der Waals surface area contributed by atoms with Crippen molar-refractivity contribution < 1.29 is 18.0 Å². The van der Waals surface area contributed by atoms with E-state index in [1.165, 1.54) is 17.8 Å². The summed E-state index contributed by atoms with van der Waals surface area (Å²) in [6.07, 6.45) is -3.19. The molecule has 0 saturated heterocycles. The fourth-order valence-corrected chi connectivity index (χ4v) is 3.32. The van der Waals surface area contributed by atoms with Crippen LogP contribution in [0.2, 0.25) is 15.1 Å². The third-order valence-electron chi connectivity index (χ3n) is 3.84. The van der Waals surface area contributed by atoms with E-state index in [2.05, 4.69) is 15.5 Å². The lowest BCUT2D eigenvalue weighted by molar-refractivity contribution is -0.144. The molecule has 0 aliphatic heterocycles. The highest BCUT2D eigenvalue weighted by molar-refractivity contribution is 6.36. The molecule has 3 rings (SSSR count). The lowest BCUT2D eigenvalue weighted by Crippen LogP contribution is -2.24. The molecule has 0 saturated carbocycles. The molecule has 1 N–H and O–H groups in total. The highest BCUT2D eigenvalue weighted by Gasteiger charge is 2.35. The minimum absolute atomic E-state index is 0.00252. The number of carbonyl (C=O) groups excluding carboxylic acids is 1. The van der Waals surface area contributed by atoms with Gasteiger partial charge in [-0.05, 0) is 25.1 Å². The molecule has 29 heavy (non-hydrogen) atoms. The van der Waals surface area contributed by atoms with Crippen LogP contribution in [-0.2, 0) is 24.1 Å². The summed E-state index contributed by atoms with van der Waals surface area (Å²) >= 11 is 18.3. The van der Waals surface area contributed by atoms with Crippen LogP contribution in [0, 0.1) is 6.92 Å². The number of nitrogens with one attached hydrogen (secondary N) is 1. The predicted molar refractivity (Wildman–Crippen MR) is 103 cm³/mol. The van der Waals surface area contributed by atoms with Crippen molar-refractivity contribution in [3.05, 3.63) is 62.5 Å². The molecule has 0 spiro atoms. The third-order valence-corrected chi connectivity index (χ3v) is 4.83. The molecule has 1 aromatic carbocycles. The highest BCUT2D eigenvalue weighted by atomic mass is 35.5. The first-order valence-corrected chi connectivity index (χ1v) is 9.25. The second-order valence-corrected chi connectivity index (χ2v) is 7.32. The molecule has 12 heteroatoms. The van der Waals surface area contributed by atoms with Crippen molar-refractivity contribution in [1.82, 2.24) is 19.6 Å². The molecule has 0 atom stereocenters. The van der Waals surface area contributed by atoms with Gasteiger partial charge < -0.3 is 5.32 Å². The fraction of sp³-hybridized carbons (Fsp3) is 0.235. The maximum Gasteiger partial charge on any atom is 0.433 e. The normalized spacial score (nSPS) is 11.7. The van der Waals surface area contributed by atoms with Crippen LogP contribution < -0.4 is 5.32 Å². The van der Waals surface area contributed by atoms with Gasteiger partial charge in [0.2, 0.25) is 5.91 Å². The lowest BCUT2D eigenvalue weighted by Gasteiger charge is -2.10. The molecular weight excluding hydrogens is 454 g/mol. The number of alkyl halides is 3. The molecule has 2 aromatic heterocycles. The van der Waals surface area contributed by atoms with Crippen molar-refractivity contribution in [2.75, 3.05) is 5.32 Å². The molecule has 0 radical (unpaired) electrons. The molecule has 3 aromatic rings. The average molecular weight is 467 g/mol. The monoisotopic (exact) mass is 465 g/mol. The van der Waals surface area contributed by atoms with Gasteiger partial charge in [-0.1, -0.05) is 40.9 Å². The van der Waals surface area contributed by atoms with Gasteiger partial charge in [0.05, 0.1) is 12.2 Å². The van der Waals surface area contributed by atoms with Gasteiger partial charge in [-0.2, -0.15) is 23.4 Å². The Morgan fingerprint density at radius 1 is 1.14 bits per heavy atom. The molecule has 154 valence electrons. The molecule has 1 amide bonds. The number of nitrogens with zero attached hydrogens (tertiary/aromatic N) is 4. The summed E-state index contributed by atoms with van der Waals surface area (Å²) in [5, 5.41) is 11.2. The maximum absolute atomic E-state index is 13.0. The summed E-state index contributed by atoms with van der Waals surface area (Å²) in [5.74, 6) is -0.765. The largest absolute Gasteiger partial charge is 0.433 e. The number of rotatable bonds is 5. The smallest absolute Gasteiger partial charge is 0.306 e. The third kappa shape index (κ3) is 5.04. The van der Waals surface area contributed by atoms with Crippen molar-refractivity contribution in [3.63, 3.8) is 0 Å². The van der Waals surface area contributed by atoms with Crippen molar-refractivity contribution in [3.8, 4) is 0 Å². The number of anilines is 1. The number of halogens is 6. The van der Waals surface area contributed by atoms with Crippen LogP contribution in [0.25, 0.3) is 0 Å². The van der Waals surface area contributed by atoms with E-state index in [0.717, 1.165) is 6.07 Å². The van der Waals surface area contributed by atoms with Crippen LogP contribution in [0.4, 0.5) is 19.0 Å². The van der Waals surface area contributed by atoms with Gasteiger partial charge in [-0.15, -0.1) is 0 Å². The van der Waals surface area contributed by atoms with Gasteiger partial charge in [0.1, 0.15) is 17.3 Å². The van der Waals surface area contributed by atoms with Gasteiger partial charge >= 0.3 is 6.18 Å². The van der Waals surface area contributed by atoms with E-state index in [4.69, 9.17) is 34.8 Å². The summed E-state index contributed by atoms with van der Waals surface area (Å²) in [4.78, 5) is 12.2. The summed E-state index contributed by atoms with van der Waals surface area (Å²) in [5.41, 5.74) is -0.270. The van der Waals surface area contributed by atoms with Gasteiger partial charge in [0.15, 0.2) is 5.82 Å². The van der Waals surface area contributed by atoms with Crippen LogP contribution in [0.5, 0.6) is 0 Å². The first kappa shape index (κ1) is 21.5. The Labute approximate surface area is 178 Å². The lowest BCUT2D eigenvalue weighted by atomic mass is 10.2. The summed E-state index contributed by atoms with van der Waals surface area (Å²) in [6, 6.07) is 5.89. The molecule has 0 unspecified atom stereocenters. The second-order valence-electron chi connectivity index (χ2n) is 6.10. The predicted octanol–water partition coefficient (Wildman–Crippen LogP) is 5.05. The van der Waals surface area contributed by atoms with Gasteiger partial charge in [0, 0.05) is 21.8 Å². The number of benzene rings is 1. The Morgan fingerprint density at radius 2 is 1.79 bits per heavy atom. The Hall–Kier alpha value is -2.23. The molecule has 0 aliphatic carbocycles. The van der Waals surface area contributed by atoms with E-state index in [-0.39, 0.29) is 23.1 Å². The highest BCUT2D eigenvalue weighted by Crippen LogP contribution is 2.30.